The Hall–Kier alpha value is -1.47. The van der Waals surface area contributed by atoms with Gasteiger partial charge < -0.3 is 0 Å². The first-order chi connectivity index (χ1) is 10.1. The molecule has 1 aromatic heterocycles. The zero-order valence-corrected chi connectivity index (χ0v) is 13.6. The SMILES string of the molecule is O=c1c2cc(I)ccc2ncn1Cc1cccc(Cl)c1F. The van der Waals surface area contributed by atoms with Crippen LogP contribution in [-0.2, 0) is 6.54 Å². The van der Waals surface area contributed by atoms with Gasteiger partial charge in [0, 0.05) is 9.13 Å². The first-order valence-electron chi connectivity index (χ1n) is 6.14. The summed E-state index contributed by atoms with van der Waals surface area (Å²) >= 11 is 7.89. The summed E-state index contributed by atoms with van der Waals surface area (Å²) in [7, 11) is 0. The van der Waals surface area contributed by atoms with E-state index in [0.717, 1.165) is 3.57 Å². The molecule has 0 N–H and O–H groups in total. The molecule has 0 atom stereocenters. The maximum atomic E-state index is 13.9. The van der Waals surface area contributed by atoms with E-state index in [2.05, 4.69) is 27.6 Å². The third-order valence-corrected chi connectivity index (χ3v) is 4.12. The fourth-order valence-electron chi connectivity index (χ4n) is 2.10. The fourth-order valence-corrected chi connectivity index (χ4v) is 2.78. The van der Waals surface area contributed by atoms with Gasteiger partial charge in [-0.15, -0.1) is 0 Å². The molecule has 0 aliphatic rings. The van der Waals surface area contributed by atoms with Crippen LogP contribution in [0.15, 0.2) is 47.5 Å². The zero-order valence-electron chi connectivity index (χ0n) is 10.7. The molecule has 0 spiro atoms. The predicted molar refractivity (Wildman–Crippen MR) is 89.2 cm³/mol. The number of aromatic nitrogens is 2. The first-order valence-corrected chi connectivity index (χ1v) is 7.59. The molecule has 106 valence electrons. The zero-order chi connectivity index (χ0) is 15.0. The summed E-state index contributed by atoms with van der Waals surface area (Å²) < 4.78 is 16.3. The van der Waals surface area contributed by atoms with E-state index in [9.17, 15) is 9.18 Å². The molecule has 0 saturated carbocycles. The van der Waals surface area contributed by atoms with Gasteiger partial charge in [0.2, 0.25) is 0 Å². The Labute approximate surface area is 138 Å². The van der Waals surface area contributed by atoms with Crippen LogP contribution in [0.25, 0.3) is 10.9 Å². The van der Waals surface area contributed by atoms with Crippen molar-refractivity contribution in [1.82, 2.24) is 9.55 Å². The van der Waals surface area contributed by atoms with Crippen molar-refractivity contribution in [1.29, 1.82) is 0 Å². The van der Waals surface area contributed by atoms with Crippen molar-refractivity contribution < 1.29 is 4.39 Å². The van der Waals surface area contributed by atoms with Gasteiger partial charge in [0.15, 0.2) is 0 Å². The Morgan fingerprint density at radius 2 is 2.10 bits per heavy atom. The van der Waals surface area contributed by atoms with Gasteiger partial charge in [-0.1, -0.05) is 23.7 Å². The molecule has 0 saturated heterocycles. The third-order valence-electron chi connectivity index (χ3n) is 3.16. The minimum Gasteiger partial charge on any atom is -0.294 e. The van der Waals surface area contributed by atoms with Crippen LogP contribution in [0.3, 0.4) is 0 Å². The smallest absolute Gasteiger partial charge is 0.261 e. The molecule has 0 radical (unpaired) electrons. The highest BCUT2D eigenvalue weighted by atomic mass is 127. The number of hydrogen-bond acceptors (Lipinski definition) is 2. The van der Waals surface area contributed by atoms with Crippen LogP contribution < -0.4 is 5.56 Å². The van der Waals surface area contributed by atoms with Gasteiger partial charge in [0.25, 0.3) is 5.56 Å². The van der Waals surface area contributed by atoms with E-state index in [4.69, 9.17) is 11.6 Å². The van der Waals surface area contributed by atoms with E-state index in [1.807, 2.05) is 6.07 Å². The number of hydrogen-bond donors (Lipinski definition) is 0. The van der Waals surface area contributed by atoms with Gasteiger partial charge in [-0.05, 0) is 46.9 Å². The lowest BCUT2D eigenvalue weighted by Gasteiger charge is -2.08. The van der Waals surface area contributed by atoms with Crippen molar-refractivity contribution in [2.24, 2.45) is 0 Å². The summed E-state index contributed by atoms with van der Waals surface area (Å²) in [6, 6.07) is 10.2. The maximum absolute atomic E-state index is 13.9. The Bertz CT molecular complexity index is 894. The van der Waals surface area contributed by atoms with E-state index >= 15 is 0 Å². The number of fused-ring (bicyclic) bond motifs is 1. The van der Waals surface area contributed by atoms with Gasteiger partial charge >= 0.3 is 0 Å². The predicted octanol–water partition coefficient (Wildman–Crippen LogP) is 3.84. The summed E-state index contributed by atoms with van der Waals surface area (Å²) in [6.45, 7) is 0.0969. The quantitative estimate of drug-likeness (QED) is 0.597. The standard InChI is InChI=1S/C15H9ClFIN2O/c16-12-3-1-2-9(14(12)17)7-20-8-19-13-5-4-10(18)6-11(13)15(20)21/h1-6,8H,7H2. The second-order valence-corrected chi connectivity index (χ2v) is 6.20. The molecule has 21 heavy (non-hydrogen) atoms. The van der Waals surface area contributed by atoms with Crippen LogP contribution in [-0.4, -0.2) is 9.55 Å². The van der Waals surface area contributed by atoms with E-state index in [1.165, 1.54) is 17.0 Å². The highest BCUT2D eigenvalue weighted by Gasteiger charge is 2.09. The molecule has 0 unspecified atom stereocenters. The highest BCUT2D eigenvalue weighted by Crippen LogP contribution is 2.18. The molecule has 0 aliphatic carbocycles. The monoisotopic (exact) mass is 414 g/mol. The first kappa shape index (κ1) is 14.5. The fraction of sp³-hybridized carbons (Fsp3) is 0.0667. The lowest BCUT2D eigenvalue weighted by atomic mass is 10.2. The van der Waals surface area contributed by atoms with Gasteiger partial charge in [0.1, 0.15) is 5.82 Å². The normalized spacial score (nSPS) is 11.0. The van der Waals surface area contributed by atoms with Gasteiger partial charge in [-0.3, -0.25) is 9.36 Å². The van der Waals surface area contributed by atoms with Crippen molar-refractivity contribution >= 4 is 45.1 Å². The third kappa shape index (κ3) is 2.80. The molecule has 2 aromatic carbocycles. The number of halogens is 3. The van der Waals surface area contributed by atoms with Crippen LogP contribution >= 0.6 is 34.2 Å². The second kappa shape index (κ2) is 5.73. The van der Waals surface area contributed by atoms with Gasteiger partial charge in [-0.25, -0.2) is 9.37 Å². The summed E-state index contributed by atoms with van der Waals surface area (Å²) in [5.74, 6) is -0.506. The van der Waals surface area contributed by atoms with Crippen molar-refractivity contribution in [2.45, 2.75) is 6.54 Å². The Morgan fingerprint density at radius 1 is 1.29 bits per heavy atom. The highest BCUT2D eigenvalue weighted by molar-refractivity contribution is 14.1. The molecule has 6 heteroatoms. The molecule has 0 aliphatic heterocycles. The summed E-state index contributed by atoms with van der Waals surface area (Å²) in [4.78, 5) is 16.7. The molecule has 3 rings (SSSR count). The molecular formula is C15H9ClFIN2O. The van der Waals surface area contributed by atoms with Crippen LogP contribution in [0.5, 0.6) is 0 Å². The molecule has 3 aromatic rings. The average molecular weight is 415 g/mol. The van der Waals surface area contributed by atoms with Crippen molar-refractivity contribution in [2.75, 3.05) is 0 Å². The summed E-state index contributed by atoms with van der Waals surface area (Å²) in [6.07, 6.45) is 1.43. The summed E-state index contributed by atoms with van der Waals surface area (Å²) in [5.41, 5.74) is 0.789. The van der Waals surface area contributed by atoms with E-state index in [0.29, 0.717) is 16.5 Å². The molecule has 1 heterocycles. The van der Waals surface area contributed by atoms with E-state index in [1.54, 1.807) is 24.3 Å². The molecule has 0 amide bonds. The van der Waals surface area contributed by atoms with E-state index < -0.39 is 5.82 Å². The van der Waals surface area contributed by atoms with Crippen LogP contribution in [0.4, 0.5) is 4.39 Å². The second-order valence-electron chi connectivity index (χ2n) is 4.55. The van der Waals surface area contributed by atoms with E-state index in [-0.39, 0.29) is 17.1 Å². The van der Waals surface area contributed by atoms with Crippen molar-refractivity contribution in [3.05, 3.63) is 73.1 Å². The number of benzene rings is 2. The Morgan fingerprint density at radius 3 is 2.90 bits per heavy atom. The Balaban J connectivity index is 2.11. The number of nitrogens with zero attached hydrogens (tertiary/aromatic N) is 2. The Kier molecular flexibility index (Phi) is 3.95. The van der Waals surface area contributed by atoms with Crippen LogP contribution in [0.1, 0.15) is 5.56 Å². The summed E-state index contributed by atoms with van der Waals surface area (Å²) in [5, 5.41) is 0.565. The molecule has 0 fully saturated rings. The van der Waals surface area contributed by atoms with Crippen molar-refractivity contribution in [3.63, 3.8) is 0 Å². The lowest BCUT2D eigenvalue weighted by molar-refractivity contribution is 0.596. The van der Waals surface area contributed by atoms with Gasteiger partial charge in [-0.2, -0.15) is 0 Å². The molecule has 0 bridgehead atoms. The minimum atomic E-state index is -0.506. The molecular weight excluding hydrogens is 406 g/mol. The molecule has 3 nitrogen and oxygen atoms in total. The topological polar surface area (TPSA) is 34.9 Å². The number of rotatable bonds is 2. The van der Waals surface area contributed by atoms with Gasteiger partial charge in [0.05, 0.1) is 28.8 Å². The van der Waals surface area contributed by atoms with Crippen molar-refractivity contribution in [3.8, 4) is 0 Å². The maximum Gasteiger partial charge on any atom is 0.261 e. The lowest BCUT2D eigenvalue weighted by Crippen LogP contribution is -2.21. The average Bonchev–Trinajstić information content (AvgIpc) is 2.47. The van der Waals surface area contributed by atoms with Crippen LogP contribution in [0.2, 0.25) is 5.02 Å². The largest absolute Gasteiger partial charge is 0.294 e. The minimum absolute atomic E-state index is 0.0452. The van der Waals surface area contributed by atoms with Crippen LogP contribution in [0, 0.1) is 9.39 Å².